The molecule has 108 valence electrons. The predicted molar refractivity (Wildman–Crippen MR) is 78.7 cm³/mol. The molecule has 0 bridgehead atoms. The fourth-order valence-corrected chi connectivity index (χ4v) is 3.81. The smallest absolute Gasteiger partial charge is 0.325 e. The first-order chi connectivity index (χ1) is 9.75. The number of fused-ring (bicyclic) bond motifs is 1. The predicted octanol–water partition coefficient (Wildman–Crippen LogP) is 3.25. The zero-order valence-corrected chi connectivity index (χ0v) is 11.9. The van der Waals surface area contributed by atoms with E-state index in [9.17, 15) is 9.90 Å². The maximum absolute atomic E-state index is 11.7. The summed E-state index contributed by atoms with van der Waals surface area (Å²) in [4.78, 5) is 13.9. The number of aliphatic carboxylic acids is 1. The molecule has 1 aliphatic heterocycles. The topological polar surface area (TPSA) is 40.5 Å². The van der Waals surface area contributed by atoms with Crippen LogP contribution in [0.25, 0.3) is 0 Å². The molecule has 0 spiro atoms. The molecule has 1 atom stereocenters. The first-order valence-corrected chi connectivity index (χ1v) is 7.80. The number of carboxylic acids is 1. The highest BCUT2D eigenvalue weighted by Crippen LogP contribution is 2.33. The zero-order valence-electron chi connectivity index (χ0n) is 11.9. The molecule has 0 aromatic heterocycles. The number of carboxylic acid groups (broad SMARTS) is 1. The molecule has 2 aliphatic rings. The lowest BCUT2D eigenvalue weighted by Crippen LogP contribution is -2.42. The van der Waals surface area contributed by atoms with E-state index in [1.54, 1.807) is 0 Å². The molecule has 1 unspecified atom stereocenters. The van der Waals surface area contributed by atoms with Gasteiger partial charge in [-0.05, 0) is 36.3 Å². The number of benzene rings is 1. The van der Waals surface area contributed by atoms with Gasteiger partial charge in [-0.2, -0.15) is 0 Å². The lowest BCUT2D eigenvalue weighted by molar-refractivity contribution is -0.144. The SMILES string of the molecule is O=C(O)C1c2ccccc2CCN1CC1CCCCC1. The molecule has 20 heavy (non-hydrogen) atoms. The van der Waals surface area contributed by atoms with Crippen molar-refractivity contribution in [2.75, 3.05) is 13.1 Å². The lowest BCUT2D eigenvalue weighted by atomic mass is 9.86. The first-order valence-electron chi connectivity index (χ1n) is 7.80. The minimum absolute atomic E-state index is 0.443. The van der Waals surface area contributed by atoms with Gasteiger partial charge in [0.25, 0.3) is 0 Å². The van der Waals surface area contributed by atoms with Crippen molar-refractivity contribution in [3.05, 3.63) is 35.4 Å². The summed E-state index contributed by atoms with van der Waals surface area (Å²) in [5.74, 6) is -0.0104. The Hall–Kier alpha value is -1.35. The van der Waals surface area contributed by atoms with E-state index < -0.39 is 12.0 Å². The summed E-state index contributed by atoms with van der Waals surface area (Å²) < 4.78 is 0. The standard InChI is InChI=1S/C17H23NO2/c19-17(20)16-15-9-5-4-8-14(15)10-11-18(16)12-13-6-2-1-3-7-13/h4-5,8-9,13,16H,1-3,6-7,10-12H2,(H,19,20). The molecule has 0 saturated heterocycles. The van der Waals surface area contributed by atoms with E-state index in [1.807, 2.05) is 18.2 Å². The molecule has 1 aromatic carbocycles. The van der Waals surface area contributed by atoms with Crippen LogP contribution in [0.5, 0.6) is 0 Å². The van der Waals surface area contributed by atoms with Crippen molar-refractivity contribution in [2.45, 2.75) is 44.6 Å². The average molecular weight is 273 g/mol. The second-order valence-electron chi connectivity index (χ2n) is 6.19. The van der Waals surface area contributed by atoms with Gasteiger partial charge in [-0.15, -0.1) is 0 Å². The van der Waals surface area contributed by atoms with Crippen LogP contribution < -0.4 is 0 Å². The van der Waals surface area contributed by atoms with E-state index in [-0.39, 0.29) is 0 Å². The summed E-state index contributed by atoms with van der Waals surface area (Å²) >= 11 is 0. The largest absolute Gasteiger partial charge is 0.480 e. The second kappa shape index (κ2) is 5.96. The van der Waals surface area contributed by atoms with Crippen LogP contribution in [0.1, 0.15) is 49.3 Å². The quantitative estimate of drug-likeness (QED) is 0.919. The molecule has 3 rings (SSSR count). The van der Waals surface area contributed by atoms with Crippen LogP contribution in [-0.4, -0.2) is 29.1 Å². The van der Waals surface area contributed by atoms with Crippen LogP contribution in [0.15, 0.2) is 24.3 Å². The molecule has 1 aromatic rings. The Balaban J connectivity index is 1.79. The molecular weight excluding hydrogens is 250 g/mol. The number of carbonyl (C=O) groups is 1. The number of nitrogens with zero attached hydrogens (tertiary/aromatic N) is 1. The van der Waals surface area contributed by atoms with Gasteiger partial charge >= 0.3 is 5.97 Å². The number of hydrogen-bond donors (Lipinski definition) is 1. The Kier molecular flexibility index (Phi) is 4.06. The first kappa shape index (κ1) is 13.6. The maximum atomic E-state index is 11.7. The molecule has 1 saturated carbocycles. The van der Waals surface area contributed by atoms with Crippen LogP contribution in [-0.2, 0) is 11.2 Å². The van der Waals surface area contributed by atoms with Crippen LogP contribution in [0.4, 0.5) is 0 Å². The highest BCUT2D eigenvalue weighted by atomic mass is 16.4. The van der Waals surface area contributed by atoms with Crippen molar-refractivity contribution in [3.63, 3.8) is 0 Å². The van der Waals surface area contributed by atoms with Gasteiger partial charge in [-0.3, -0.25) is 9.69 Å². The van der Waals surface area contributed by atoms with Gasteiger partial charge in [0.15, 0.2) is 0 Å². The Morgan fingerprint density at radius 3 is 2.70 bits per heavy atom. The lowest BCUT2D eigenvalue weighted by Gasteiger charge is -2.37. The van der Waals surface area contributed by atoms with Crippen molar-refractivity contribution in [2.24, 2.45) is 5.92 Å². The van der Waals surface area contributed by atoms with Crippen molar-refractivity contribution in [3.8, 4) is 0 Å². The van der Waals surface area contributed by atoms with Crippen LogP contribution in [0.3, 0.4) is 0 Å². The molecule has 0 amide bonds. The van der Waals surface area contributed by atoms with E-state index in [0.29, 0.717) is 5.92 Å². The molecular formula is C17H23NO2. The van der Waals surface area contributed by atoms with Crippen molar-refractivity contribution in [1.29, 1.82) is 0 Å². The third-order valence-electron chi connectivity index (χ3n) is 4.83. The Morgan fingerprint density at radius 2 is 1.95 bits per heavy atom. The second-order valence-corrected chi connectivity index (χ2v) is 6.19. The fraction of sp³-hybridized carbons (Fsp3) is 0.588. The van der Waals surface area contributed by atoms with Gasteiger partial charge in [-0.25, -0.2) is 0 Å². The van der Waals surface area contributed by atoms with E-state index >= 15 is 0 Å². The molecule has 3 nitrogen and oxygen atoms in total. The fourth-order valence-electron chi connectivity index (χ4n) is 3.81. The number of hydrogen-bond acceptors (Lipinski definition) is 2. The highest BCUT2D eigenvalue weighted by Gasteiger charge is 2.33. The summed E-state index contributed by atoms with van der Waals surface area (Å²) in [6.45, 7) is 1.83. The van der Waals surface area contributed by atoms with Crippen molar-refractivity contribution in [1.82, 2.24) is 4.90 Å². The monoisotopic (exact) mass is 273 g/mol. The Bertz CT molecular complexity index is 480. The van der Waals surface area contributed by atoms with Gasteiger partial charge in [-0.1, -0.05) is 43.5 Å². The third kappa shape index (κ3) is 2.73. The van der Waals surface area contributed by atoms with E-state index in [2.05, 4.69) is 11.0 Å². The average Bonchev–Trinajstić information content (AvgIpc) is 2.47. The Labute approximate surface area is 120 Å². The molecule has 3 heteroatoms. The summed E-state index contributed by atoms with van der Waals surface area (Å²) in [6.07, 6.45) is 7.49. The minimum Gasteiger partial charge on any atom is -0.480 e. The Morgan fingerprint density at radius 1 is 1.20 bits per heavy atom. The van der Waals surface area contributed by atoms with Crippen LogP contribution in [0.2, 0.25) is 0 Å². The molecule has 0 radical (unpaired) electrons. The van der Waals surface area contributed by atoms with Crippen molar-refractivity contribution < 1.29 is 9.90 Å². The molecule has 1 fully saturated rings. The minimum atomic E-state index is -0.701. The highest BCUT2D eigenvalue weighted by molar-refractivity contribution is 5.76. The van der Waals surface area contributed by atoms with Crippen molar-refractivity contribution >= 4 is 5.97 Å². The normalized spacial score (nSPS) is 24.3. The summed E-state index contributed by atoms with van der Waals surface area (Å²) in [7, 11) is 0. The van der Waals surface area contributed by atoms with Gasteiger partial charge in [0.2, 0.25) is 0 Å². The van der Waals surface area contributed by atoms with Crippen LogP contribution >= 0.6 is 0 Å². The summed E-state index contributed by atoms with van der Waals surface area (Å²) in [5, 5.41) is 9.64. The summed E-state index contributed by atoms with van der Waals surface area (Å²) in [5.41, 5.74) is 2.21. The van der Waals surface area contributed by atoms with Gasteiger partial charge < -0.3 is 5.11 Å². The van der Waals surface area contributed by atoms with Gasteiger partial charge in [0, 0.05) is 13.1 Å². The maximum Gasteiger partial charge on any atom is 0.325 e. The van der Waals surface area contributed by atoms with Gasteiger partial charge in [0.1, 0.15) is 6.04 Å². The molecule has 1 N–H and O–H groups in total. The van der Waals surface area contributed by atoms with E-state index in [0.717, 1.165) is 25.1 Å². The zero-order chi connectivity index (χ0) is 13.9. The van der Waals surface area contributed by atoms with E-state index in [1.165, 1.54) is 37.7 Å². The molecule has 1 aliphatic carbocycles. The summed E-state index contributed by atoms with van der Waals surface area (Å²) in [6, 6.07) is 7.58. The van der Waals surface area contributed by atoms with Gasteiger partial charge in [0.05, 0.1) is 0 Å². The van der Waals surface area contributed by atoms with E-state index in [4.69, 9.17) is 0 Å². The molecule has 1 heterocycles. The number of rotatable bonds is 3. The van der Waals surface area contributed by atoms with Crippen LogP contribution in [0, 0.1) is 5.92 Å². The third-order valence-corrected chi connectivity index (χ3v) is 4.83.